The number of thiophene rings is 1. The quantitative estimate of drug-likeness (QED) is 0.0699. The Bertz CT molecular complexity index is 2850. The molecular weight excluding hydrogens is 1050 g/mol. The molecule has 0 spiro atoms. The van der Waals surface area contributed by atoms with Crippen LogP contribution in [-0.4, -0.2) is 140 Å². The van der Waals surface area contributed by atoms with Gasteiger partial charge >= 0.3 is 0 Å². The first-order valence-corrected chi connectivity index (χ1v) is 27.3. The van der Waals surface area contributed by atoms with E-state index in [1.807, 2.05) is 75.1 Å². The van der Waals surface area contributed by atoms with Gasteiger partial charge in [-0.25, -0.2) is 15.0 Å². The molecule has 18 nitrogen and oxygen atoms in total. The van der Waals surface area contributed by atoms with Crippen molar-refractivity contribution in [3.63, 3.8) is 0 Å². The second-order valence-electron chi connectivity index (χ2n) is 18.3. The van der Waals surface area contributed by atoms with E-state index < -0.39 is 0 Å². The molecule has 2 unspecified atom stereocenters. The van der Waals surface area contributed by atoms with Crippen LogP contribution in [0.2, 0.25) is 5.02 Å². The van der Waals surface area contributed by atoms with E-state index >= 15 is 0 Å². The van der Waals surface area contributed by atoms with Crippen molar-refractivity contribution in [2.75, 3.05) is 62.6 Å². The number of rotatable bonds is 15. The number of likely N-dealkylation sites (tertiary alicyclic amines) is 1. The summed E-state index contributed by atoms with van der Waals surface area (Å²) in [6, 6.07) is 21.5. The topological polar surface area (TPSA) is 242 Å². The predicted octanol–water partition coefficient (Wildman–Crippen LogP) is 9.78. The molecule has 0 bridgehead atoms. The fraction of sp³-hybridized carbons (Fsp3) is 0.424. The summed E-state index contributed by atoms with van der Waals surface area (Å²) in [4.78, 5) is 91.2. The van der Waals surface area contributed by atoms with Crippen LogP contribution < -0.4 is 25.2 Å². The number of nitrogens with one attached hydrogen (secondary N) is 2. The summed E-state index contributed by atoms with van der Waals surface area (Å²) in [7, 11) is 4.17. The molecule has 2 atom stereocenters. The molecule has 0 aliphatic carbocycles. The highest BCUT2D eigenvalue weighted by Crippen LogP contribution is 2.46. The maximum atomic E-state index is 13.3. The van der Waals surface area contributed by atoms with Crippen molar-refractivity contribution in [2.45, 2.75) is 117 Å². The van der Waals surface area contributed by atoms with Crippen molar-refractivity contribution in [1.29, 1.82) is 0 Å². The molecule has 6 heterocycles. The number of ether oxygens (including phenoxy) is 1. The SMILES string of the molecule is C=O.C=O.CC.CCCC(C)N1C(=O)c2cccc3c(C4CCN(c5cc6nc(CC)ncc6cn5)CC4)ccc1c23.CN1CCC(Nc2cccc(-c3sc(C=O)c(OCC=O)c3Cl)c2)CC1(C)C.CO.CO.O=CNC=O. The lowest BCUT2D eigenvalue weighted by atomic mass is 9.85. The number of imide groups is 1. The lowest BCUT2D eigenvalue weighted by Gasteiger charge is -2.44. The summed E-state index contributed by atoms with van der Waals surface area (Å²) in [6.07, 6.45) is 12.9. The predicted molar refractivity (Wildman–Crippen MR) is 318 cm³/mol. The van der Waals surface area contributed by atoms with E-state index in [1.54, 1.807) is 5.32 Å². The maximum absolute atomic E-state index is 13.3. The summed E-state index contributed by atoms with van der Waals surface area (Å²) in [5, 5.41) is 23.1. The van der Waals surface area contributed by atoms with Crippen LogP contribution in [0, 0.1) is 0 Å². The molecule has 3 aliphatic rings. The molecule has 6 aromatic rings. The first kappa shape index (κ1) is 68.1. The van der Waals surface area contributed by atoms with Crippen LogP contribution in [0.25, 0.3) is 32.1 Å². The number of aromatic nitrogens is 3. The molecule has 4 N–H and O–H groups in total. The highest BCUT2D eigenvalue weighted by molar-refractivity contribution is 7.18. The van der Waals surface area contributed by atoms with Gasteiger partial charge < -0.3 is 49.9 Å². The number of aliphatic hydroxyl groups excluding tert-OH is 2. The molecule has 20 heteroatoms. The molecule has 2 fully saturated rings. The number of carbonyl (C=O) groups excluding carboxylic acids is 7. The van der Waals surface area contributed by atoms with E-state index in [-0.39, 0.29) is 29.8 Å². The van der Waals surface area contributed by atoms with Crippen molar-refractivity contribution in [3.05, 3.63) is 99.9 Å². The van der Waals surface area contributed by atoms with Gasteiger partial charge in [-0.2, -0.15) is 0 Å². The number of fused-ring (bicyclic) bond motifs is 1. The number of hydrogen-bond acceptors (Lipinski definition) is 17. The number of piperidine rings is 2. The zero-order valence-electron chi connectivity index (χ0n) is 47.3. The smallest absolute Gasteiger partial charge is 0.259 e. The Morgan fingerprint density at radius 3 is 2.15 bits per heavy atom. The minimum atomic E-state index is -0.135. The number of aldehydes is 2. The van der Waals surface area contributed by atoms with Gasteiger partial charge in [-0.1, -0.05) is 76.0 Å². The van der Waals surface area contributed by atoms with E-state index in [9.17, 15) is 14.4 Å². The van der Waals surface area contributed by atoms with Crippen LogP contribution >= 0.6 is 22.9 Å². The third kappa shape index (κ3) is 17.5. The number of carbonyl (C=O) groups is 7. The fourth-order valence-corrected chi connectivity index (χ4v) is 11.0. The highest BCUT2D eigenvalue weighted by Gasteiger charge is 2.35. The summed E-state index contributed by atoms with van der Waals surface area (Å²) < 4.78 is 5.35. The van der Waals surface area contributed by atoms with Gasteiger partial charge in [0, 0.05) is 98.4 Å². The summed E-state index contributed by atoms with van der Waals surface area (Å²) in [6.45, 7) is 21.8. The number of anilines is 3. The largest absolute Gasteiger partial charge is 0.483 e. The standard InChI is InChI=1S/C30H33N5O.C21H25ClN2O3S.C2H3NO2.C2H6.2CH4O.2CH2O/c1-4-7-19(3)35-26-11-10-22(23-8-6-9-24(29(23)26)30(35)36)20-12-14-34(15-13-20)28-16-25-21(18-32-28)17-31-27(5-2)33-25;1-21(2)12-16(7-8-24(21)3)23-15-6-4-5-14(11-15)20-18(22)19(27-10-9-25)17(13-26)28-20;4-1-3-2-5;5*1-2/h6,8-11,16-20H,4-5,7,12-15H2,1-3H3;4-6,9,11,13,16,23H,7-8,10,12H2,1-3H3;1-2H,(H,3,4,5);1-2H3;2*2H,1H3;2*1H2. The number of hydrogen-bond donors (Lipinski definition) is 4. The van der Waals surface area contributed by atoms with Gasteiger partial charge in [-0.3, -0.25) is 24.0 Å². The van der Waals surface area contributed by atoms with Gasteiger partial charge in [0.1, 0.15) is 41.7 Å². The number of pyridine rings is 1. The first-order chi connectivity index (χ1) is 38.3. The lowest BCUT2D eigenvalue weighted by Crippen LogP contribution is -2.50. The van der Waals surface area contributed by atoms with Gasteiger partial charge in [-0.05, 0) is 107 Å². The normalized spacial score (nSPS) is 15.2. The van der Waals surface area contributed by atoms with Gasteiger partial charge in [0.15, 0.2) is 18.3 Å². The van der Waals surface area contributed by atoms with Crippen molar-refractivity contribution in [1.82, 2.24) is 25.2 Å². The minimum absolute atomic E-state index is 0.135. The second kappa shape index (κ2) is 35.5. The van der Waals surface area contributed by atoms with Crippen molar-refractivity contribution < 1.29 is 48.5 Å². The van der Waals surface area contributed by atoms with Crippen LogP contribution in [-0.2, 0) is 30.4 Å². The van der Waals surface area contributed by atoms with Crippen molar-refractivity contribution >= 4 is 107 Å². The highest BCUT2D eigenvalue weighted by atomic mass is 35.5. The Balaban J connectivity index is 0.000000443. The zero-order chi connectivity index (χ0) is 59.2. The molecule has 0 saturated carbocycles. The molecule has 79 heavy (non-hydrogen) atoms. The van der Waals surface area contributed by atoms with E-state index in [2.05, 4.69) is 92.1 Å². The lowest BCUT2D eigenvalue weighted by molar-refractivity contribution is -0.117. The Hall–Kier alpha value is -7.03. The van der Waals surface area contributed by atoms with Crippen LogP contribution in [0.3, 0.4) is 0 Å². The Kier molecular flexibility index (Phi) is 30.6. The maximum Gasteiger partial charge on any atom is 0.259 e. The Labute approximate surface area is 473 Å². The minimum Gasteiger partial charge on any atom is -0.483 e. The van der Waals surface area contributed by atoms with E-state index in [0.29, 0.717) is 47.3 Å². The number of amides is 3. The molecule has 3 aliphatic heterocycles. The van der Waals surface area contributed by atoms with Crippen molar-refractivity contribution in [3.8, 4) is 16.2 Å². The monoisotopic (exact) mass is 1130 g/mol. The number of benzene rings is 3. The number of halogens is 1. The van der Waals surface area contributed by atoms with E-state index in [4.69, 9.17) is 55.7 Å². The average Bonchev–Trinajstić information content (AvgIpc) is 4.13. The summed E-state index contributed by atoms with van der Waals surface area (Å²) >= 11 is 7.73. The summed E-state index contributed by atoms with van der Waals surface area (Å²) in [5.74, 6) is 2.76. The zero-order valence-corrected chi connectivity index (χ0v) is 48.9. The number of aryl methyl sites for hydroxylation is 1. The van der Waals surface area contributed by atoms with Crippen LogP contribution in [0.4, 0.5) is 17.2 Å². The molecule has 3 aromatic carbocycles. The van der Waals surface area contributed by atoms with Gasteiger partial charge in [0.05, 0.1) is 16.1 Å². The molecule has 428 valence electrons. The molecular formula is C59H79ClN8O10S. The van der Waals surface area contributed by atoms with Gasteiger partial charge in [0.25, 0.3) is 5.91 Å². The second-order valence-corrected chi connectivity index (χ2v) is 19.7. The fourth-order valence-electron chi connectivity index (χ4n) is 9.66. The average molecular weight is 1130 g/mol. The third-order valence-electron chi connectivity index (χ3n) is 13.4. The van der Waals surface area contributed by atoms with E-state index in [0.717, 1.165) is 134 Å². The molecule has 9 rings (SSSR count). The number of nitrogens with zero attached hydrogens (tertiary/aromatic N) is 6. The van der Waals surface area contributed by atoms with Gasteiger partial charge in [-0.15, -0.1) is 11.3 Å². The van der Waals surface area contributed by atoms with Gasteiger partial charge in [0.2, 0.25) is 12.8 Å². The van der Waals surface area contributed by atoms with E-state index in [1.165, 1.54) is 22.3 Å². The number of aliphatic hydroxyl groups is 2. The molecule has 2 saturated heterocycles. The van der Waals surface area contributed by atoms with Crippen LogP contribution in [0.5, 0.6) is 5.75 Å². The van der Waals surface area contributed by atoms with Crippen LogP contribution in [0.15, 0.2) is 73.1 Å². The first-order valence-electron chi connectivity index (χ1n) is 26.1. The Morgan fingerprint density at radius 1 is 0.899 bits per heavy atom. The van der Waals surface area contributed by atoms with Crippen molar-refractivity contribution in [2.24, 2.45) is 0 Å². The van der Waals surface area contributed by atoms with Crippen LogP contribution in [0.1, 0.15) is 124 Å². The third-order valence-corrected chi connectivity index (χ3v) is 15.1. The molecule has 3 amide bonds. The molecule has 0 radical (unpaired) electrons. The Morgan fingerprint density at radius 2 is 1.56 bits per heavy atom. The summed E-state index contributed by atoms with van der Waals surface area (Å²) in [5.41, 5.74) is 6.38. The molecule has 3 aromatic heterocycles.